The number of halogens is 1. The Bertz CT molecular complexity index is 979. The first-order valence-corrected chi connectivity index (χ1v) is 8.85. The van der Waals surface area contributed by atoms with Crippen LogP contribution in [-0.4, -0.2) is 31.3 Å². The fourth-order valence-electron chi connectivity index (χ4n) is 2.01. The summed E-state index contributed by atoms with van der Waals surface area (Å²) in [6.45, 7) is 1.67. The van der Waals surface area contributed by atoms with Gasteiger partial charge in [0.1, 0.15) is 5.82 Å². The van der Waals surface area contributed by atoms with E-state index in [1.165, 1.54) is 24.4 Å². The number of rotatable bonds is 6. The normalized spacial score (nSPS) is 11.8. The van der Waals surface area contributed by atoms with E-state index in [-0.39, 0.29) is 22.7 Å². The zero-order chi connectivity index (χ0) is 19.4. The second-order valence-corrected chi connectivity index (χ2v) is 7.02. The fourth-order valence-corrected chi connectivity index (χ4v) is 2.80. The number of aromatic nitrogens is 3. The summed E-state index contributed by atoms with van der Waals surface area (Å²) in [5.74, 6) is 0.206. The first kappa shape index (κ1) is 18.8. The van der Waals surface area contributed by atoms with Crippen LogP contribution in [0.4, 0.5) is 11.5 Å². The molecule has 1 N–H and O–H groups in total. The average Bonchev–Trinajstić information content (AvgIpc) is 3.12. The third-order valence-corrected chi connectivity index (χ3v) is 4.49. The number of nitrogens with one attached hydrogen (secondary N) is 1. The van der Waals surface area contributed by atoms with Crippen molar-refractivity contribution >= 4 is 40.8 Å². The Morgan fingerprint density at radius 3 is 2.85 bits per heavy atom. The van der Waals surface area contributed by atoms with Crippen molar-refractivity contribution < 1.29 is 14.1 Å². The Hall–Kier alpha value is -2.98. The maximum atomic E-state index is 12.2. The second kappa shape index (κ2) is 8.14. The zero-order valence-corrected chi connectivity index (χ0v) is 15.4. The summed E-state index contributed by atoms with van der Waals surface area (Å²) in [4.78, 5) is 26.6. The Balaban J connectivity index is 1.66. The molecule has 9 nitrogen and oxygen atoms in total. The summed E-state index contributed by atoms with van der Waals surface area (Å²) in [7, 11) is 0. The van der Waals surface area contributed by atoms with Crippen molar-refractivity contribution in [2.45, 2.75) is 17.4 Å². The number of carbonyl (C=O) groups is 1. The van der Waals surface area contributed by atoms with Gasteiger partial charge in [-0.05, 0) is 25.1 Å². The molecule has 0 fully saturated rings. The molecule has 11 heteroatoms. The number of hydrogen-bond donors (Lipinski definition) is 1. The van der Waals surface area contributed by atoms with E-state index in [9.17, 15) is 14.9 Å². The lowest BCUT2D eigenvalue weighted by atomic mass is 10.2. The third-order valence-electron chi connectivity index (χ3n) is 3.34. The van der Waals surface area contributed by atoms with Gasteiger partial charge in [-0.25, -0.2) is 4.98 Å². The van der Waals surface area contributed by atoms with Gasteiger partial charge in [-0.1, -0.05) is 29.4 Å². The van der Waals surface area contributed by atoms with Gasteiger partial charge in [0.2, 0.25) is 11.8 Å². The molecule has 0 unspecified atom stereocenters. The minimum Gasteiger partial charge on any atom is -0.411 e. The van der Waals surface area contributed by atoms with Gasteiger partial charge in [-0.2, -0.15) is 0 Å². The Morgan fingerprint density at radius 2 is 2.15 bits per heavy atom. The van der Waals surface area contributed by atoms with Crippen LogP contribution in [0.3, 0.4) is 0 Å². The quantitative estimate of drug-likeness (QED) is 0.373. The largest absolute Gasteiger partial charge is 0.411 e. The van der Waals surface area contributed by atoms with Crippen LogP contribution in [-0.2, 0) is 4.79 Å². The number of non-ortho nitro benzene ring substituents is 1. The van der Waals surface area contributed by atoms with Gasteiger partial charge in [0.05, 0.1) is 15.2 Å². The van der Waals surface area contributed by atoms with E-state index in [0.29, 0.717) is 16.4 Å². The van der Waals surface area contributed by atoms with E-state index in [1.807, 2.05) is 0 Å². The van der Waals surface area contributed by atoms with E-state index in [1.54, 1.807) is 25.1 Å². The molecule has 0 aliphatic carbocycles. The van der Waals surface area contributed by atoms with E-state index in [2.05, 4.69) is 20.5 Å². The van der Waals surface area contributed by atoms with E-state index >= 15 is 0 Å². The van der Waals surface area contributed by atoms with Crippen LogP contribution in [0, 0.1) is 10.1 Å². The topological polar surface area (TPSA) is 124 Å². The molecule has 0 aliphatic rings. The number of nitrogens with zero attached hydrogens (tertiary/aromatic N) is 4. The van der Waals surface area contributed by atoms with Crippen molar-refractivity contribution in [2.24, 2.45) is 0 Å². The second-order valence-electron chi connectivity index (χ2n) is 5.29. The molecular weight excluding hydrogens is 394 g/mol. The number of nitro groups is 1. The number of anilines is 1. The Morgan fingerprint density at radius 1 is 1.33 bits per heavy atom. The third kappa shape index (κ3) is 4.80. The molecule has 1 aromatic carbocycles. The molecule has 0 radical (unpaired) electrons. The molecule has 1 amide bonds. The van der Waals surface area contributed by atoms with E-state index < -0.39 is 10.2 Å². The summed E-state index contributed by atoms with van der Waals surface area (Å²) < 4.78 is 5.50. The maximum Gasteiger partial charge on any atom is 0.277 e. The van der Waals surface area contributed by atoms with Crippen LogP contribution >= 0.6 is 23.4 Å². The SMILES string of the molecule is C[C@H](Sc1nnc(-c2cccc([N+](=O)[O-])c2)o1)C(=O)Nc1ccc(Cl)cn1. The van der Waals surface area contributed by atoms with Crippen molar-refractivity contribution in [3.63, 3.8) is 0 Å². The van der Waals surface area contributed by atoms with Gasteiger partial charge in [-0.3, -0.25) is 14.9 Å². The Kier molecular flexibility index (Phi) is 5.67. The molecule has 3 aromatic rings. The molecule has 0 bridgehead atoms. The zero-order valence-electron chi connectivity index (χ0n) is 13.8. The number of carbonyl (C=O) groups excluding carboxylic acids is 1. The lowest BCUT2D eigenvalue weighted by molar-refractivity contribution is -0.384. The first-order valence-electron chi connectivity index (χ1n) is 7.60. The van der Waals surface area contributed by atoms with Gasteiger partial charge in [0.15, 0.2) is 0 Å². The Labute approximate surface area is 162 Å². The highest BCUT2D eigenvalue weighted by atomic mass is 35.5. The summed E-state index contributed by atoms with van der Waals surface area (Å²) in [6.07, 6.45) is 1.43. The molecule has 3 rings (SSSR count). The van der Waals surface area contributed by atoms with Crippen molar-refractivity contribution in [2.75, 3.05) is 5.32 Å². The number of amides is 1. The molecule has 27 heavy (non-hydrogen) atoms. The van der Waals surface area contributed by atoms with Gasteiger partial charge < -0.3 is 9.73 Å². The monoisotopic (exact) mass is 405 g/mol. The molecule has 2 aromatic heterocycles. The van der Waals surface area contributed by atoms with Crippen LogP contribution in [0.5, 0.6) is 0 Å². The van der Waals surface area contributed by atoms with Crippen LogP contribution in [0.1, 0.15) is 6.92 Å². The number of nitro benzene ring substituents is 1. The summed E-state index contributed by atoms with van der Waals surface area (Å²) in [6, 6.07) is 9.06. The van der Waals surface area contributed by atoms with Crippen molar-refractivity contribution in [1.29, 1.82) is 0 Å². The highest BCUT2D eigenvalue weighted by molar-refractivity contribution is 8.00. The number of thioether (sulfide) groups is 1. The van der Waals surface area contributed by atoms with Gasteiger partial charge in [-0.15, -0.1) is 10.2 Å². The standard InChI is InChI=1S/C16H12ClN5O4S/c1-9(14(23)19-13-6-5-11(17)8-18-13)27-16-21-20-15(26-16)10-3-2-4-12(7-10)22(24)25/h2-9H,1H3,(H,18,19,23)/t9-/m0/s1. The fraction of sp³-hybridized carbons (Fsp3) is 0.125. The molecule has 0 aliphatic heterocycles. The number of hydrogen-bond acceptors (Lipinski definition) is 8. The molecule has 0 spiro atoms. The van der Waals surface area contributed by atoms with Crippen molar-refractivity contribution in [1.82, 2.24) is 15.2 Å². The molecule has 0 saturated carbocycles. The van der Waals surface area contributed by atoms with Gasteiger partial charge in [0, 0.05) is 23.9 Å². The maximum absolute atomic E-state index is 12.2. The van der Waals surface area contributed by atoms with Crippen LogP contribution in [0.15, 0.2) is 52.2 Å². The van der Waals surface area contributed by atoms with Crippen LogP contribution < -0.4 is 5.32 Å². The smallest absolute Gasteiger partial charge is 0.277 e. The summed E-state index contributed by atoms with van der Waals surface area (Å²) in [5.41, 5.74) is 0.342. The minimum atomic E-state index is -0.541. The summed E-state index contributed by atoms with van der Waals surface area (Å²) in [5, 5.41) is 21.4. The van der Waals surface area contributed by atoms with Crippen LogP contribution in [0.2, 0.25) is 5.02 Å². The minimum absolute atomic E-state index is 0.0805. The average molecular weight is 406 g/mol. The molecule has 0 saturated heterocycles. The highest BCUT2D eigenvalue weighted by Gasteiger charge is 2.20. The van der Waals surface area contributed by atoms with Crippen molar-refractivity contribution in [3.8, 4) is 11.5 Å². The van der Waals surface area contributed by atoms with Crippen LogP contribution in [0.25, 0.3) is 11.5 Å². The number of benzene rings is 1. The van der Waals surface area contributed by atoms with E-state index in [0.717, 1.165) is 11.8 Å². The predicted molar refractivity (Wildman–Crippen MR) is 99.6 cm³/mol. The molecular formula is C16H12ClN5O4S. The van der Waals surface area contributed by atoms with Gasteiger partial charge in [0.25, 0.3) is 10.9 Å². The predicted octanol–water partition coefficient (Wildman–Crippen LogP) is 3.81. The number of pyridine rings is 1. The van der Waals surface area contributed by atoms with E-state index in [4.69, 9.17) is 16.0 Å². The lowest BCUT2D eigenvalue weighted by Gasteiger charge is -2.09. The molecule has 2 heterocycles. The molecule has 138 valence electrons. The van der Waals surface area contributed by atoms with Gasteiger partial charge >= 0.3 is 0 Å². The highest BCUT2D eigenvalue weighted by Crippen LogP contribution is 2.28. The first-order chi connectivity index (χ1) is 12.9. The van der Waals surface area contributed by atoms with Crippen molar-refractivity contribution in [3.05, 3.63) is 57.7 Å². The lowest BCUT2D eigenvalue weighted by Crippen LogP contribution is -2.22. The molecule has 1 atom stereocenters. The summed E-state index contributed by atoms with van der Waals surface area (Å²) >= 11 is 6.81.